The smallest absolute Gasteiger partial charge is 0.284 e. The summed E-state index contributed by atoms with van der Waals surface area (Å²) < 4.78 is 13.6. The lowest BCUT2D eigenvalue weighted by atomic mass is 10.1. The summed E-state index contributed by atoms with van der Waals surface area (Å²) in [5, 5.41) is 3.45. The summed E-state index contributed by atoms with van der Waals surface area (Å²) in [5.74, 6) is 1.85. The van der Waals surface area contributed by atoms with Gasteiger partial charge in [0, 0.05) is 25.3 Å². The highest BCUT2D eigenvalue weighted by atomic mass is 16.5. The zero-order chi connectivity index (χ0) is 21.9. The lowest BCUT2D eigenvalue weighted by Gasteiger charge is -2.26. The van der Waals surface area contributed by atoms with E-state index in [2.05, 4.69) is 26.6 Å². The number of aromatic nitrogens is 4. The molecule has 4 aliphatic rings. The summed E-state index contributed by atoms with van der Waals surface area (Å²) in [6, 6.07) is 8.08. The number of H-pyrrole nitrogens is 1. The van der Waals surface area contributed by atoms with Crippen LogP contribution >= 0.6 is 0 Å². The zero-order valence-corrected chi connectivity index (χ0v) is 18.7. The van der Waals surface area contributed by atoms with Gasteiger partial charge in [0.15, 0.2) is 11.6 Å². The average molecular weight is 438 g/mol. The molecule has 8 nitrogen and oxygen atoms in total. The summed E-state index contributed by atoms with van der Waals surface area (Å²) in [6.07, 6.45) is 5.38. The van der Waals surface area contributed by atoms with E-state index in [1.165, 1.54) is 12.8 Å². The third-order valence-electron chi connectivity index (χ3n) is 6.58. The third kappa shape index (κ3) is 4.17. The van der Waals surface area contributed by atoms with E-state index in [4.69, 9.17) is 14.5 Å². The maximum atomic E-state index is 13.1. The van der Waals surface area contributed by atoms with E-state index < -0.39 is 0 Å². The fourth-order valence-electron chi connectivity index (χ4n) is 4.81. The molecule has 1 N–H and O–H groups in total. The predicted octanol–water partition coefficient (Wildman–Crippen LogP) is 3.13. The Morgan fingerprint density at radius 1 is 1.16 bits per heavy atom. The number of nitrogens with zero attached hydrogens (tertiary/aromatic N) is 4. The number of para-hydroxylation sites is 1. The van der Waals surface area contributed by atoms with Crippen LogP contribution in [0.2, 0.25) is 0 Å². The van der Waals surface area contributed by atoms with Gasteiger partial charge in [0.2, 0.25) is 0 Å². The second-order valence-electron chi connectivity index (χ2n) is 8.60. The molecule has 1 saturated carbocycles. The van der Waals surface area contributed by atoms with Crippen molar-refractivity contribution in [2.75, 3.05) is 39.5 Å². The van der Waals surface area contributed by atoms with Crippen molar-refractivity contribution in [1.82, 2.24) is 24.6 Å². The molecular weight excluding hydrogens is 406 g/mol. The van der Waals surface area contributed by atoms with Crippen molar-refractivity contribution in [3.63, 3.8) is 0 Å². The van der Waals surface area contributed by atoms with E-state index in [1.807, 2.05) is 24.3 Å². The van der Waals surface area contributed by atoms with Gasteiger partial charge in [-0.05, 0) is 31.4 Å². The van der Waals surface area contributed by atoms with Gasteiger partial charge in [0.25, 0.3) is 5.56 Å². The van der Waals surface area contributed by atoms with Gasteiger partial charge in [-0.2, -0.15) is 4.98 Å². The van der Waals surface area contributed by atoms with Crippen molar-refractivity contribution >= 4 is 0 Å². The molecular formula is C24H31N5O3. The normalized spacial score (nSPS) is 17.9. The van der Waals surface area contributed by atoms with Crippen LogP contribution in [-0.2, 0) is 11.2 Å². The molecule has 1 aromatic carbocycles. The molecule has 0 atom stereocenters. The number of ether oxygens (including phenoxy) is 2. The number of aryl methyl sites for hydroxylation is 1. The van der Waals surface area contributed by atoms with Gasteiger partial charge >= 0.3 is 0 Å². The van der Waals surface area contributed by atoms with E-state index >= 15 is 0 Å². The first-order valence-corrected chi connectivity index (χ1v) is 11.8. The molecule has 3 aliphatic heterocycles. The Balaban J connectivity index is 1.46. The highest BCUT2D eigenvalue weighted by Crippen LogP contribution is 2.35. The molecule has 1 saturated heterocycles. The van der Waals surface area contributed by atoms with Gasteiger partial charge in [-0.1, -0.05) is 31.9 Å². The minimum Gasteiger partial charge on any atom is -0.491 e. The van der Waals surface area contributed by atoms with Crippen molar-refractivity contribution in [3.8, 4) is 28.5 Å². The highest BCUT2D eigenvalue weighted by Gasteiger charge is 2.28. The topological polar surface area (TPSA) is 85.3 Å². The van der Waals surface area contributed by atoms with Gasteiger partial charge in [0.05, 0.1) is 24.8 Å². The number of aromatic amines is 1. The number of fused-ring (bicyclic) bond motifs is 1. The number of hydrogen-bond donors (Lipinski definition) is 1. The highest BCUT2D eigenvalue weighted by molar-refractivity contribution is 5.68. The van der Waals surface area contributed by atoms with E-state index in [9.17, 15) is 4.79 Å². The second-order valence-corrected chi connectivity index (χ2v) is 8.60. The molecule has 8 heteroatoms. The lowest BCUT2D eigenvalue weighted by Crippen LogP contribution is -2.38. The number of hydrogen-bond acceptors (Lipinski definition) is 6. The summed E-state index contributed by atoms with van der Waals surface area (Å²) in [5.41, 5.74) is 2.07. The largest absolute Gasteiger partial charge is 0.491 e. The van der Waals surface area contributed by atoms with Crippen LogP contribution in [0.3, 0.4) is 0 Å². The predicted molar refractivity (Wildman–Crippen MR) is 122 cm³/mol. The van der Waals surface area contributed by atoms with Crippen molar-refractivity contribution in [3.05, 3.63) is 40.3 Å². The van der Waals surface area contributed by atoms with E-state index in [0.717, 1.165) is 63.4 Å². The lowest BCUT2D eigenvalue weighted by molar-refractivity contribution is 0.0323. The summed E-state index contributed by atoms with van der Waals surface area (Å²) in [6.45, 7) is 6.86. The summed E-state index contributed by atoms with van der Waals surface area (Å²) in [7, 11) is 0. The van der Waals surface area contributed by atoms with Crippen LogP contribution in [0.4, 0.5) is 0 Å². The number of benzene rings is 1. The maximum absolute atomic E-state index is 13.1. The summed E-state index contributed by atoms with van der Waals surface area (Å²) >= 11 is 0. The third-order valence-corrected chi connectivity index (χ3v) is 6.58. The van der Waals surface area contributed by atoms with Gasteiger partial charge in [-0.25, -0.2) is 4.98 Å². The van der Waals surface area contributed by atoms with Crippen molar-refractivity contribution in [1.29, 1.82) is 0 Å². The molecule has 170 valence electrons. The molecule has 0 amide bonds. The number of nitrogens with one attached hydrogen (secondary N) is 1. The molecule has 2 fully saturated rings. The standard InChI is InChI=1S/C24H31N5O3/c1-2-19-21-23(29(27-19)17-7-3-4-8-17)25-22(26-24(21)30)18-9-5-6-10-20(18)32-16-13-28-11-14-31-15-12-28/h5-6,9-10,17,27H,2-4,7-8,11-16H2,1H3. The van der Waals surface area contributed by atoms with Gasteiger partial charge < -0.3 is 9.47 Å². The molecule has 32 heavy (non-hydrogen) atoms. The molecule has 1 aromatic rings. The van der Waals surface area contributed by atoms with Gasteiger partial charge in [0.1, 0.15) is 17.9 Å². The minimum atomic E-state index is -0.224. The first-order valence-electron chi connectivity index (χ1n) is 11.8. The van der Waals surface area contributed by atoms with Crippen LogP contribution in [0.5, 0.6) is 5.75 Å². The molecule has 0 bridgehead atoms. The molecule has 5 rings (SSSR count). The van der Waals surface area contributed by atoms with Gasteiger partial charge in [-0.15, -0.1) is 0 Å². The second kappa shape index (κ2) is 9.42. The van der Waals surface area contributed by atoms with Crippen LogP contribution in [0.25, 0.3) is 22.8 Å². The fourth-order valence-corrected chi connectivity index (χ4v) is 4.81. The number of morpholine rings is 1. The molecule has 1 aliphatic carbocycles. The SMILES string of the molecule is CCc1[nH]n(C2CCCC2)c2nc(-c3ccccc3OCCN3CCOCC3)nc(=O)c1-2. The van der Waals surface area contributed by atoms with E-state index in [0.29, 0.717) is 35.6 Å². The first-order chi connectivity index (χ1) is 15.7. The molecule has 0 radical (unpaired) electrons. The van der Waals surface area contributed by atoms with Crippen molar-refractivity contribution in [2.45, 2.75) is 45.1 Å². The summed E-state index contributed by atoms with van der Waals surface area (Å²) in [4.78, 5) is 24.7. The van der Waals surface area contributed by atoms with Crippen molar-refractivity contribution in [2.24, 2.45) is 0 Å². The zero-order valence-electron chi connectivity index (χ0n) is 18.7. The van der Waals surface area contributed by atoms with Crippen molar-refractivity contribution < 1.29 is 9.47 Å². The average Bonchev–Trinajstić information content (AvgIpc) is 3.48. The fraction of sp³-hybridized carbons (Fsp3) is 0.542. The van der Waals surface area contributed by atoms with E-state index in [-0.39, 0.29) is 5.56 Å². The van der Waals surface area contributed by atoms with E-state index in [1.54, 1.807) is 0 Å². The Kier molecular flexibility index (Phi) is 6.23. The Morgan fingerprint density at radius 2 is 1.94 bits per heavy atom. The quantitative estimate of drug-likeness (QED) is 0.611. The van der Waals surface area contributed by atoms with Crippen LogP contribution < -0.4 is 10.3 Å². The van der Waals surface area contributed by atoms with Crippen LogP contribution in [0, 0.1) is 0 Å². The Bertz CT molecular complexity index is 1080. The molecule has 0 aromatic heterocycles. The molecule has 0 spiro atoms. The Hall–Kier alpha value is -2.71. The number of rotatable bonds is 7. The minimum absolute atomic E-state index is 0.224. The van der Waals surface area contributed by atoms with Crippen LogP contribution in [0.1, 0.15) is 44.3 Å². The monoisotopic (exact) mass is 437 g/mol. The van der Waals surface area contributed by atoms with Crippen LogP contribution in [-0.4, -0.2) is 64.1 Å². The first kappa shape index (κ1) is 21.2. The Labute approximate surface area is 187 Å². The molecule has 3 heterocycles. The van der Waals surface area contributed by atoms with Crippen LogP contribution in [0.15, 0.2) is 29.1 Å². The van der Waals surface area contributed by atoms with Gasteiger partial charge in [-0.3, -0.25) is 19.5 Å². The molecule has 0 unspecified atom stereocenters. The maximum Gasteiger partial charge on any atom is 0.284 e. The Morgan fingerprint density at radius 3 is 2.72 bits per heavy atom.